The summed E-state index contributed by atoms with van der Waals surface area (Å²) in [5, 5.41) is 5.23. The third-order valence-electron chi connectivity index (χ3n) is 8.63. The van der Waals surface area contributed by atoms with Gasteiger partial charge in [-0.25, -0.2) is 0 Å². The molecule has 4 atom stereocenters. The average molecular weight is 453 g/mol. The molecule has 0 amide bonds. The first-order valence-electron chi connectivity index (χ1n) is 14.0. The largest absolute Gasteiger partial charge is 0.361 e. The van der Waals surface area contributed by atoms with Crippen molar-refractivity contribution in [3.63, 3.8) is 0 Å². The number of aromatic amines is 1. The minimum atomic E-state index is 0.0379. The zero-order chi connectivity index (χ0) is 22.9. The van der Waals surface area contributed by atoms with Gasteiger partial charge in [-0.2, -0.15) is 0 Å². The van der Waals surface area contributed by atoms with Gasteiger partial charge in [0.15, 0.2) is 0 Å². The smallest absolute Gasteiger partial charge is 0.0487 e. The molecule has 4 heteroatoms. The van der Waals surface area contributed by atoms with Crippen LogP contribution in [0, 0.1) is 11.8 Å². The fourth-order valence-electron chi connectivity index (χ4n) is 6.66. The fraction of sp³-hybridized carbons (Fsp3) is 0.759. The number of nitrogens with zero attached hydrogens (tertiary/aromatic N) is 1. The van der Waals surface area contributed by atoms with Crippen molar-refractivity contribution in [3.8, 4) is 0 Å². The topological polar surface area (TPSA) is 66.7 Å². The molecule has 2 saturated carbocycles. The van der Waals surface area contributed by atoms with Crippen LogP contribution in [0.3, 0.4) is 0 Å². The van der Waals surface area contributed by atoms with E-state index in [2.05, 4.69) is 34.5 Å². The van der Waals surface area contributed by atoms with Gasteiger partial charge in [-0.1, -0.05) is 64.2 Å². The molecule has 0 aliphatic heterocycles. The zero-order valence-electron chi connectivity index (χ0n) is 21.1. The van der Waals surface area contributed by atoms with Crippen LogP contribution in [0.25, 0.3) is 10.9 Å². The molecule has 0 spiro atoms. The Bertz CT molecular complexity index is 826. The van der Waals surface area contributed by atoms with E-state index >= 15 is 0 Å². The molecule has 4 rings (SSSR count). The van der Waals surface area contributed by atoms with Crippen LogP contribution in [0.4, 0.5) is 0 Å². The quantitative estimate of drug-likeness (QED) is 0.462. The number of hydrogen-bond donors (Lipinski definition) is 3. The van der Waals surface area contributed by atoms with E-state index in [1.54, 1.807) is 0 Å². The van der Waals surface area contributed by atoms with Gasteiger partial charge in [0, 0.05) is 41.1 Å². The number of fused-ring (bicyclic) bond motifs is 1. The number of aromatic nitrogens is 2. The monoisotopic (exact) mass is 452 g/mol. The third-order valence-corrected chi connectivity index (χ3v) is 8.63. The van der Waals surface area contributed by atoms with Crippen LogP contribution in [-0.4, -0.2) is 28.1 Å². The van der Waals surface area contributed by atoms with E-state index in [4.69, 9.17) is 5.73 Å². The summed E-state index contributed by atoms with van der Waals surface area (Å²) in [5.41, 5.74) is 9.42. The van der Waals surface area contributed by atoms with Gasteiger partial charge in [0.05, 0.1) is 0 Å². The molecule has 0 aromatic carbocycles. The summed E-state index contributed by atoms with van der Waals surface area (Å²) in [6, 6.07) is 2.73. The molecule has 2 aliphatic carbocycles. The van der Waals surface area contributed by atoms with Gasteiger partial charge in [-0.3, -0.25) is 4.98 Å². The highest BCUT2D eigenvalue weighted by molar-refractivity contribution is 5.81. The summed E-state index contributed by atoms with van der Waals surface area (Å²) in [6.45, 7) is 3.39. The highest BCUT2D eigenvalue weighted by Gasteiger charge is 2.30. The second-order valence-electron chi connectivity index (χ2n) is 11.5. The van der Waals surface area contributed by atoms with Gasteiger partial charge in [0.1, 0.15) is 0 Å². The number of pyridine rings is 1. The van der Waals surface area contributed by atoms with Crippen LogP contribution < -0.4 is 11.1 Å². The highest BCUT2D eigenvalue weighted by atomic mass is 14.9. The molecule has 2 aliphatic rings. The lowest BCUT2D eigenvalue weighted by molar-refractivity contribution is 0.195. The Morgan fingerprint density at radius 3 is 2.58 bits per heavy atom. The van der Waals surface area contributed by atoms with Gasteiger partial charge < -0.3 is 16.0 Å². The Morgan fingerprint density at radius 1 is 0.970 bits per heavy atom. The summed E-state index contributed by atoms with van der Waals surface area (Å²) in [5.74, 6) is 1.70. The Labute approximate surface area is 201 Å². The molecule has 2 heterocycles. The molecular formula is C29H48N4. The van der Waals surface area contributed by atoms with E-state index < -0.39 is 0 Å². The van der Waals surface area contributed by atoms with E-state index in [1.165, 1.54) is 113 Å². The maximum atomic E-state index is 6.80. The Morgan fingerprint density at radius 2 is 1.73 bits per heavy atom. The number of H-pyrrole nitrogens is 1. The molecule has 2 aromatic heterocycles. The van der Waals surface area contributed by atoms with Crippen LogP contribution in [0.2, 0.25) is 0 Å². The van der Waals surface area contributed by atoms with Gasteiger partial charge >= 0.3 is 0 Å². The summed E-state index contributed by atoms with van der Waals surface area (Å²) < 4.78 is 0. The second-order valence-corrected chi connectivity index (χ2v) is 11.5. The molecule has 33 heavy (non-hydrogen) atoms. The number of nitrogens with two attached hydrogens (primary N) is 1. The van der Waals surface area contributed by atoms with E-state index in [9.17, 15) is 0 Å². The second kappa shape index (κ2) is 12.4. The number of hydrogen-bond acceptors (Lipinski definition) is 3. The van der Waals surface area contributed by atoms with Crippen LogP contribution in [-0.2, 0) is 6.42 Å². The Hall–Kier alpha value is -1.39. The van der Waals surface area contributed by atoms with E-state index in [0.717, 1.165) is 24.8 Å². The first-order valence-corrected chi connectivity index (χ1v) is 14.0. The lowest BCUT2D eigenvalue weighted by Gasteiger charge is -2.35. The van der Waals surface area contributed by atoms with E-state index in [0.29, 0.717) is 6.04 Å². The van der Waals surface area contributed by atoms with Crippen LogP contribution in [0.15, 0.2) is 24.7 Å². The van der Waals surface area contributed by atoms with Gasteiger partial charge in [-0.15, -0.1) is 0 Å². The molecular weight excluding hydrogens is 404 g/mol. The normalized spacial score (nSPS) is 30.9. The highest BCUT2D eigenvalue weighted by Crippen LogP contribution is 2.37. The van der Waals surface area contributed by atoms with Crippen LogP contribution in [0.1, 0.15) is 109 Å². The Balaban J connectivity index is 1.33. The maximum absolute atomic E-state index is 6.80. The van der Waals surface area contributed by atoms with Crippen molar-refractivity contribution in [3.05, 3.63) is 30.2 Å². The first-order chi connectivity index (χ1) is 16.1. The fourth-order valence-corrected chi connectivity index (χ4v) is 6.66. The summed E-state index contributed by atoms with van der Waals surface area (Å²) in [7, 11) is 0. The van der Waals surface area contributed by atoms with Crippen molar-refractivity contribution >= 4 is 10.9 Å². The Kier molecular flexibility index (Phi) is 9.26. The van der Waals surface area contributed by atoms with E-state index in [1.807, 2.05) is 12.4 Å². The average Bonchev–Trinajstić information content (AvgIpc) is 3.25. The lowest BCUT2D eigenvalue weighted by atomic mass is 9.74. The standard InChI is InChI=1S/C29H48N4/c1-29(30)17-9-5-4-7-11-24(20-29)23-10-6-2-3-8-12-26(14-13-23)32-19-15-25-21-33-28-16-18-31-22-27(25)28/h16,18,21-24,26,32-33H,2-15,17,19-20,30H2,1H3. The predicted octanol–water partition coefficient (Wildman–Crippen LogP) is 6.89. The van der Waals surface area contributed by atoms with Crippen LogP contribution >= 0.6 is 0 Å². The van der Waals surface area contributed by atoms with Crippen molar-refractivity contribution in [1.82, 2.24) is 15.3 Å². The third kappa shape index (κ3) is 7.55. The number of rotatable bonds is 5. The summed E-state index contributed by atoms with van der Waals surface area (Å²) in [4.78, 5) is 7.71. The van der Waals surface area contributed by atoms with Crippen molar-refractivity contribution in [1.29, 1.82) is 0 Å². The minimum absolute atomic E-state index is 0.0379. The van der Waals surface area contributed by atoms with Gasteiger partial charge in [0.25, 0.3) is 0 Å². The van der Waals surface area contributed by atoms with E-state index in [-0.39, 0.29) is 5.54 Å². The molecule has 0 radical (unpaired) electrons. The number of nitrogens with one attached hydrogen (secondary N) is 2. The molecule has 2 aromatic rings. The molecule has 0 bridgehead atoms. The summed E-state index contributed by atoms with van der Waals surface area (Å²) in [6.07, 6.45) is 27.6. The maximum Gasteiger partial charge on any atom is 0.0487 e. The summed E-state index contributed by atoms with van der Waals surface area (Å²) >= 11 is 0. The van der Waals surface area contributed by atoms with Crippen molar-refractivity contribution in [2.75, 3.05) is 6.54 Å². The first kappa shape index (κ1) is 24.7. The molecule has 0 saturated heterocycles. The van der Waals surface area contributed by atoms with Crippen molar-refractivity contribution in [2.24, 2.45) is 17.6 Å². The molecule has 184 valence electrons. The molecule has 2 fully saturated rings. The SMILES string of the molecule is CC1(N)CCCCCCC(C2CCCCCCC(NCCc3c[nH]c4ccncc34)CC2)C1. The van der Waals surface area contributed by atoms with Gasteiger partial charge in [-0.05, 0) is 75.5 Å². The van der Waals surface area contributed by atoms with Crippen LogP contribution in [0.5, 0.6) is 0 Å². The minimum Gasteiger partial charge on any atom is -0.361 e. The molecule has 4 N–H and O–H groups in total. The van der Waals surface area contributed by atoms with Crippen molar-refractivity contribution in [2.45, 2.75) is 121 Å². The van der Waals surface area contributed by atoms with Gasteiger partial charge in [0.2, 0.25) is 0 Å². The van der Waals surface area contributed by atoms with Crippen molar-refractivity contribution < 1.29 is 0 Å². The predicted molar refractivity (Wildman–Crippen MR) is 140 cm³/mol. The molecule has 4 nitrogen and oxygen atoms in total. The zero-order valence-corrected chi connectivity index (χ0v) is 21.1. The molecule has 4 unspecified atom stereocenters. The lowest BCUT2D eigenvalue weighted by Crippen LogP contribution is -2.40.